The first-order chi connectivity index (χ1) is 47.6. The number of hydrogen-bond donors (Lipinski definition) is 4. The summed E-state index contributed by atoms with van der Waals surface area (Å²) in [5.41, 5.74) is 18.4. The molecule has 0 bridgehead atoms. The van der Waals surface area contributed by atoms with E-state index in [1.165, 1.54) is 76.3 Å². The maximum absolute atomic E-state index is 14.2. The Bertz CT molecular complexity index is 5220. The van der Waals surface area contributed by atoms with Gasteiger partial charge in [-0.15, -0.1) is 40.8 Å². The lowest BCUT2D eigenvalue weighted by Gasteiger charge is -2.32. The molecular weight excluding hydrogens is 1430 g/mol. The van der Waals surface area contributed by atoms with Gasteiger partial charge in [-0.25, -0.2) is 37.5 Å². The fourth-order valence-corrected chi connectivity index (χ4v) is 11.1. The van der Waals surface area contributed by atoms with Crippen LogP contribution in [0.25, 0.3) is 61.9 Å². The van der Waals surface area contributed by atoms with Crippen LogP contribution < -0.4 is 16.9 Å². The van der Waals surface area contributed by atoms with E-state index in [-0.39, 0.29) is 70.2 Å². The van der Waals surface area contributed by atoms with Crippen LogP contribution in [-0.4, -0.2) is 147 Å². The summed E-state index contributed by atoms with van der Waals surface area (Å²) in [7, 11) is -2.40. The van der Waals surface area contributed by atoms with Crippen LogP contribution in [0.4, 0.5) is 29.5 Å². The van der Waals surface area contributed by atoms with E-state index in [4.69, 9.17) is 40.1 Å². The highest BCUT2D eigenvalue weighted by atomic mass is 79.9. The molecule has 14 heterocycles. The third kappa shape index (κ3) is 14.9. The van der Waals surface area contributed by atoms with Gasteiger partial charge in [-0.05, 0) is 196 Å². The van der Waals surface area contributed by atoms with Crippen molar-refractivity contribution < 1.29 is 46.2 Å². The summed E-state index contributed by atoms with van der Waals surface area (Å²) in [5.74, 6) is -0.705. The van der Waals surface area contributed by atoms with Crippen molar-refractivity contribution in [1.82, 2.24) is 92.9 Å². The summed E-state index contributed by atoms with van der Waals surface area (Å²) < 4.78 is 88.2. The number of halogens is 6. The summed E-state index contributed by atoms with van der Waals surface area (Å²) in [4.78, 5) is 26.1. The number of nitrogens with zero attached hydrogens (tertiary/aromatic N) is 19. The maximum atomic E-state index is 14.2. The molecule has 12 aromatic heterocycles. The van der Waals surface area contributed by atoms with E-state index in [0.29, 0.717) is 72.3 Å². The van der Waals surface area contributed by atoms with E-state index in [2.05, 4.69) is 103 Å². The van der Waals surface area contributed by atoms with Crippen LogP contribution >= 0.6 is 31.9 Å². The van der Waals surface area contributed by atoms with Crippen molar-refractivity contribution >= 4 is 98.6 Å². The van der Waals surface area contributed by atoms with Crippen molar-refractivity contribution in [2.75, 3.05) is 11.5 Å². The molecule has 36 heteroatoms. The summed E-state index contributed by atoms with van der Waals surface area (Å²) in [6, 6.07) is 28.3. The van der Waals surface area contributed by atoms with Crippen molar-refractivity contribution in [2.24, 2.45) is 0 Å². The maximum Gasteiger partial charge on any atom is 0.489 e. The van der Waals surface area contributed by atoms with Crippen molar-refractivity contribution in [2.45, 2.75) is 90.6 Å². The average molecular weight is 1490 g/mol. The minimum atomic E-state index is -1.45. The van der Waals surface area contributed by atoms with Crippen molar-refractivity contribution in [3.63, 3.8) is 0 Å². The second-order valence-electron chi connectivity index (χ2n) is 24.7. The molecule has 2 saturated heterocycles. The molecule has 2 aliphatic heterocycles. The number of hydrogen-bond acceptors (Lipinski definition) is 22. The number of fused-ring (bicyclic) bond motifs is 5. The number of nitrogen functional groups attached to an aromatic ring is 2. The fourth-order valence-electron chi connectivity index (χ4n) is 10.2. The second kappa shape index (κ2) is 28.3. The van der Waals surface area contributed by atoms with Crippen LogP contribution in [0.2, 0.25) is 0 Å². The van der Waals surface area contributed by atoms with E-state index in [9.17, 15) is 17.6 Å². The smallest absolute Gasteiger partial charge is 0.423 e. The zero-order valence-corrected chi connectivity index (χ0v) is 57.8. The van der Waals surface area contributed by atoms with Gasteiger partial charge in [0, 0.05) is 52.1 Å². The SMILES string of the molecule is Brc1ccc2nncn2c1.CC1(C)OB(B2OC(C)(C)C(C)(C)O2)OC1(C)C.Nc1nc(-c2ccc(F)cc2)c(-c2ccc3nncn3c2)c2nc(Cc3ncccc3F)nn12.Nc1nc(-c2ccc(F)cc2)c(Br)c2nc(Cc3ncccc3F)nn12.OB(O)c1ccc2nncn2c1. The van der Waals surface area contributed by atoms with Crippen molar-refractivity contribution in [3.05, 3.63) is 214 Å². The van der Waals surface area contributed by atoms with Crippen LogP contribution in [0, 0.1) is 23.3 Å². The van der Waals surface area contributed by atoms with Crippen LogP contribution in [-0.2, 0) is 31.5 Å². The molecule has 0 atom stereocenters. The molecule has 14 aromatic rings. The van der Waals surface area contributed by atoms with Gasteiger partial charge in [0.15, 0.2) is 39.9 Å². The third-order valence-electron chi connectivity index (χ3n) is 16.8. The number of pyridine rings is 5. The molecule has 16 rings (SSSR count). The zero-order valence-electron chi connectivity index (χ0n) is 54.6. The zero-order chi connectivity index (χ0) is 71.0. The van der Waals surface area contributed by atoms with Crippen molar-refractivity contribution in [3.8, 4) is 33.6 Å². The molecule has 0 saturated carbocycles. The highest BCUT2D eigenvalue weighted by Gasteiger charge is 2.63. The van der Waals surface area contributed by atoms with Crippen molar-refractivity contribution in [1.29, 1.82) is 0 Å². The highest BCUT2D eigenvalue weighted by molar-refractivity contribution is 9.11. The monoisotopic (exact) mass is 1490 g/mol. The molecule has 508 valence electrons. The lowest BCUT2D eigenvalue weighted by atomic mass is 9.49. The Balaban J connectivity index is 0.000000127. The Labute approximate surface area is 584 Å². The largest absolute Gasteiger partial charge is 0.489 e. The standard InChI is InChI=1S/C23H15F2N9.C17H11BrF2N6.C12H24B2O4.C6H6BN3O2.C6H4BrN3/c24-15-6-3-13(4-7-15)21-20(14-5-8-19-31-28-12-33(19)11-14)22-29-18(32-34(22)23(26)30-21)10-17-16(25)2-1-9-27-17;18-14-15(9-3-5-10(19)6-4-9)24-17(21)26-16(14)23-13(25-26)8-12-11(20)2-1-7-22-12;1-9(2)10(3,4)16-13(15-9)14-17-11(5,6)12(7,8)18-14;11-7(12)5-1-2-6-9-8-4-10(6)3-5;7-5-1-2-6-9-8-4-10(6)3-5/h1-9,11-12H,10H2,(H2,26,30);1-7H,8H2,(H2,21,24);1-8H3;1-4,11-12H;1-4H. The average Bonchev–Trinajstić information content (AvgIpc) is 1.54. The second-order valence-corrected chi connectivity index (χ2v) is 26.4. The summed E-state index contributed by atoms with van der Waals surface area (Å²) in [6.45, 7) is 16.2. The van der Waals surface area contributed by atoms with E-state index in [1.807, 2.05) is 96.4 Å². The minimum absolute atomic E-state index is 0.0730. The molecule has 0 aliphatic carbocycles. The molecule has 2 aliphatic rings. The van der Waals surface area contributed by atoms with Gasteiger partial charge in [-0.3, -0.25) is 23.2 Å². The van der Waals surface area contributed by atoms with Crippen LogP contribution in [0.3, 0.4) is 0 Å². The molecule has 100 heavy (non-hydrogen) atoms. The number of aromatic nitrogens is 19. The van der Waals surface area contributed by atoms with E-state index in [1.54, 1.807) is 64.1 Å². The van der Waals surface area contributed by atoms with Gasteiger partial charge in [0.2, 0.25) is 11.9 Å². The first kappa shape index (κ1) is 69.8. The van der Waals surface area contributed by atoms with E-state index in [0.717, 1.165) is 15.7 Å². The van der Waals surface area contributed by atoms with E-state index < -0.39 is 32.8 Å². The molecule has 0 unspecified atom stereocenters. The van der Waals surface area contributed by atoms with Crippen LogP contribution in [0.5, 0.6) is 0 Å². The number of benzene rings is 2. The molecule has 0 radical (unpaired) electrons. The minimum Gasteiger partial charge on any atom is -0.423 e. The Morgan fingerprint density at radius 1 is 0.490 bits per heavy atom. The third-order valence-corrected chi connectivity index (χ3v) is 18.0. The van der Waals surface area contributed by atoms with Gasteiger partial charge in [-0.2, -0.15) is 9.03 Å². The number of nitrogens with two attached hydrogens (primary N) is 2. The van der Waals surface area contributed by atoms with Crippen LogP contribution in [0.1, 0.15) is 78.4 Å². The van der Waals surface area contributed by atoms with Gasteiger partial charge >= 0.3 is 21.1 Å². The van der Waals surface area contributed by atoms with Gasteiger partial charge in [0.05, 0.1) is 68.1 Å². The molecule has 2 fully saturated rings. The quantitative estimate of drug-likeness (QED) is 0.0773. The van der Waals surface area contributed by atoms with Crippen LogP contribution in [0.15, 0.2) is 168 Å². The van der Waals surface area contributed by atoms with Gasteiger partial charge in [-0.1, -0.05) is 6.07 Å². The lowest BCUT2D eigenvalue weighted by Crippen LogP contribution is -2.41. The molecule has 27 nitrogen and oxygen atoms in total. The Hall–Kier alpha value is -10.1. The van der Waals surface area contributed by atoms with Gasteiger partial charge < -0.3 is 40.1 Å². The van der Waals surface area contributed by atoms with Gasteiger partial charge in [0.1, 0.15) is 42.3 Å². The van der Waals surface area contributed by atoms with Gasteiger partial charge in [0.25, 0.3) is 0 Å². The van der Waals surface area contributed by atoms with E-state index >= 15 is 0 Å². The fraction of sp³-hybridized carbons (Fsp3) is 0.219. The normalized spacial score (nSPS) is 14.9. The molecule has 6 N–H and O–H groups in total. The summed E-state index contributed by atoms with van der Waals surface area (Å²) in [6.07, 6.45) is 13.3. The first-order valence-electron chi connectivity index (χ1n) is 30.7. The number of anilines is 2. The summed E-state index contributed by atoms with van der Waals surface area (Å²) >= 11 is 6.80. The molecular formula is C64H60B3Br2F4N21O6. The Morgan fingerprint density at radius 2 is 0.900 bits per heavy atom. The number of rotatable bonds is 9. The molecule has 0 amide bonds. The Kier molecular flexibility index (Phi) is 19.7. The predicted octanol–water partition coefficient (Wildman–Crippen LogP) is 8.90. The summed E-state index contributed by atoms with van der Waals surface area (Å²) in [5, 5.41) is 49.3. The highest BCUT2D eigenvalue weighted by Crippen LogP contribution is 2.43. The molecule has 2 aromatic carbocycles. The first-order valence-corrected chi connectivity index (χ1v) is 32.3. The topological polar surface area (TPSA) is 332 Å². The lowest BCUT2D eigenvalue weighted by molar-refractivity contribution is 0.00578. The Morgan fingerprint density at radius 3 is 1.38 bits per heavy atom. The predicted molar refractivity (Wildman–Crippen MR) is 371 cm³/mol. The molecule has 0 spiro atoms.